The number of carbonyl (C=O) groups is 1. The monoisotopic (exact) mass is 447 g/mol. The smallest absolute Gasteiger partial charge is 0.261 e. The Morgan fingerprint density at radius 1 is 1.15 bits per heavy atom. The van der Waals surface area contributed by atoms with Gasteiger partial charge in [-0.1, -0.05) is 12.1 Å². The minimum Gasteiger partial charge on any atom is -0.486 e. The van der Waals surface area contributed by atoms with Crippen LogP contribution in [0.4, 0.5) is 4.39 Å². The van der Waals surface area contributed by atoms with Crippen LogP contribution in [0.2, 0.25) is 0 Å². The number of fused-ring (bicyclic) bond motifs is 2. The Kier molecular flexibility index (Phi) is 5.20. The molecule has 8 heteroatoms. The molecule has 2 aromatic heterocycles. The van der Waals surface area contributed by atoms with Gasteiger partial charge in [0.2, 0.25) is 0 Å². The number of hydrogen-bond acceptors (Lipinski definition) is 5. The maximum atomic E-state index is 13.4. The van der Waals surface area contributed by atoms with E-state index in [4.69, 9.17) is 9.47 Å². The number of para-hydroxylation sites is 2. The molecule has 0 fully saturated rings. The van der Waals surface area contributed by atoms with Crippen molar-refractivity contribution in [3.8, 4) is 11.5 Å². The van der Waals surface area contributed by atoms with E-state index in [-0.39, 0.29) is 34.9 Å². The molecule has 4 aromatic rings. The summed E-state index contributed by atoms with van der Waals surface area (Å²) in [5, 5.41) is 0.270. The fraction of sp³-hybridized carbons (Fsp3) is 0.240. The Morgan fingerprint density at radius 2 is 1.94 bits per heavy atom. The van der Waals surface area contributed by atoms with Crippen molar-refractivity contribution in [2.75, 3.05) is 6.61 Å². The van der Waals surface area contributed by atoms with Crippen molar-refractivity contribution in [1.29, 1.82) is 0 Å². The summed E-state index contributed by atoms with van der Waals surface area (Å²) in [6.45, 7) is 4.60. The number of hydrogen-bond donors (Lipinski definition) is 0. The van der Waals surface area contributed by atoms with Gasteiger partial charge in [-0.25, -0.2) is 9.37 Å². The fourth-order valence-corrected chi connectivity index (χ4v) is 4.21. The van der Waals surface area contributed by atoms with Gasteiger partial charge in [-0.3, -0.25) is 14.2 Å². The van der Waals surface area contributed by atoms with Crippen LogP contribution in [0.1, 0.15) is 21.7 Å². The molecule has 168 valence electrons. The third-order valence-corrected chi connectivity index (χ3v) is 5.93. The highest BCUT2D eigenvalue weighted by Crippen LogP contribution is 2.31. The molecule has 0 spiro atoms. The number of rotatable bonds is 5. The van der Waals surface area contributed by atoms with Gasteiger partial charge in [-0.05, 0) is 44.2 Å². The Hall–Kier alpha value is -3.94. The van der Waals surface area contributed by atoms with Crippen molar-refractivity contribution in [2.45, 2.75) is 33.0 Å². The highest BCUT2D eigenvalue weighted by atomic mass is 19.1. The van der Waals surface area contributed by atoms with Crippen LogP contribution >= 0.6 is 0 Å². The first-order valence-electron chi connectivity index (χ1n) is 10.6. The van der Waals surface area contributed by atoms with Crippen LogP contribution in [0.3, 0.4) is 0 Å². The van der Waals surface area contributed by atoms with Crippen LogP contribution in [-0.2, 0) is 13.1 Å². The number of benzene rings is 2. The van der Waals surface area contributed by atoms with Crippen LogP contribution in [0.25, 0.3) is 10.9 Å². The minimum absolute atomic E-state index is 0.153. The molecular formula is C25H22FN3O4. The minimum atomic E-state index is -0.466. The van der Waals surface area contributed by atoms with E-state index >= 15 is 0 Å². The van der Waals surface area contributed by atoms with Gasteiger partial charge in [-0.15, -0.1) is 0 Å². The van der Waals surface area contributed by atoms with Gasteiger partial charge in [-0.2, -0.15) is 0 Å². The molecule has 5 rings (SSSR count). The van der Waals surface area contributed by atoms with Gasteiger partial charge in [0.1, 0.15) is 12.4 Å². The highest BCUT2D eigenvalue weighted by molar-refractivity contribution is 5.97. The van der Waals surface area contributed by atoms with Crippen molar-refractivity contribution in [2.24, 2.45) is 0 Å². The first-order chi connectivity index (χ1) is 15.9. The zero-order valence-electron chi connectivity index (χ0n) is 18.2. The fourth-order valence-electron chi connectivity index (χ4n) is 4.21. The Morgan fingerprint density at radius 3 is 2.76 bits per heavy atom. The van der Waals surface area contributed by atoms with E-state index in [0.29, 0.717) is 24.5 Å². The van der Waals surface area contributed by atoms with E-state index in [1.54, 1.807) is 0 Å². The lowest BCUT2D eigenvalue weighted by molar-refractivity contribution is 0.0777. The number of Topliss-reactive ketones (excluding diaryl/α,β-unsaturated/α-hetero) is 1. The molecule has 0 radical (unpaired) electrons. The summed E-state index contributed by atoms with van der Waals surface area (Å²) in [6, 6.07) is 13.2. The molecule has 0 bridgehead atoms. The lowest BCUT2D eigenvalue weighted by Crippen LogP contribution is -2.33. The number of ketones is 1. The maximum absolute atomic E-state index is 13.4. The van der Waals surface area contributed by atoms with E-state index in [9.17, 15) is 14.0 Å². The van der Waals surface area contributed by atoms with Crippen molar-refractivity contribution in [3.63, 3.8) is 0 Å². The normalized spacial score (nSPS) is 15.1. The second-order valence-corrected chi connectivity index (χ2v) is 8.16. The molecule has 7 nitrogen and oxygen atoms in total. The van der Waals surface area contributed by atoms with Gasteiger partial charge in [0.15, 0.2) is 23.4 Å². The number of aryl methyl sites for hydroxylation is 1. The molecule has 33 heavy (non-hydrogen) atoms. The number of halogens is 1. The number of nitrogens with zero attached hydrogens (tertiary/aromatic N) is 3. The van der Waals surface area contributed by atoms with E-state index in [2.05, 4.69) is 4.98 Å². The summed E-state index contributed by atoms with van der Waals surface area (Å²) in [5.74, 6) is 0.760. The number of carbonyl (C=O) groups excluding carboxylic acids is 1. The molecule has 2 aromatic carbocycles. The van der Waals surface area contributed by atoms with Crippen LogP contribution in [0, 0.1) is 19.7 Å². The second-order valence-electron chi connectivity index (χ2n) is 8.16. The van der Waals surface area contributed by atoms with E-state index < -0.39 is 5.82 Å². The molecule has 0 amide bonds. The molecule has 0 aliphatic carbocycles. The summed E-state index contributed by atoms with van der Waals surface area (Å²) in [6.07, 6.45) is 1.09. The lowest BCUT2D eigenvalue weighted by Gasteiger charge is -2.27. The average molecular weight is 447 g/mol. The SMILES string of the molecule is Cc1cc(C(=O)Cn2cnc3cc(F)ccc3c2=O)c(C)n1C[C@@H]1COc2ccccc2O1. The third-order valence-electron chi connectivity index (χ3n) is 5.93. The van der Waals surface area contributed by atoms with Crippen molar-refractivity contribution >= 4 is 16.7 Å². The average Bonchev–Trinajstić information content (AvgIpc) is 3.09. The van der Waals surface area contributed by atoms with Crippen LogP contribution in [-0.4, -0.2) is 32.6 Å². The predicted octanol–water partition coefficient (Wildman–Crippen LogP) is 3.68. The summed E-state index contributed by atoms with van der Waals surface area (Å²) in [7, 11) is 0. The van der Waals surface area contributed by atoms with Crippen LogP contribution < -0.4 is 15.0 Å². The zero-order chi connectivity index (χ0) is 23.1. The summed E-state index contributed by atoms with van der Waals surface area (Å²) in [5.41, 5.74) is 2.13. The number of aromatic nitrogens is 3. The molecule has 3 heterocycles. The Labute approximate surface area is 189 Å². The zero-order valence-corrected chi connectivity index (χ0v) is 18.2. The van der Waals surface area contributed by atoms with E-state index in [0.717, 1.165) is 17.1 Å². The quantitative estimate of drug-likeness (QED) is 0.437. The van der Waals surface area contributed by atoms with E-state index in [1.165, 1.54) is 29.1 Å². The van der Waals surface area contributed by atoms with Gasteiger partial charge < -0.3 is 14.0 Å². The predicted molar refractivity (Wildman–Crippen MR) is 121 cm³/mol. The lowest BCUT2D eigenvalue weighted by atomic mass is 10.1. The first kappa shape index (κ1) is 20.9. The first-order valence-corrected chi connectivity index (χ1v) is 10.6. The van der Waals surface area contributed by atoms with Gasteiger partial charge in [0.25, 0.3) is 5.56 Å². The van der Waals surface area contributed by atoms with Crippen molar-refractivity contribution < 1.29 is 18.7 Å². The Balaban J connectivity index is 1.37. The highest BCUT2D eigenvalue weighted by Gasteiger charge is 2.24. The topological polar surface area (TPSA) is 75.4 Å². The molecule has 0 unspecified atom stereocenters. The summed E-state index contributed by atoms with van der Waals surface area (Å²) < 4.78 is 28.6. The standard InChI is InChI=1S/C25H22FN3O4/c1-15-9-20(16(2)29(15)11-18-13-32-23-5-3-4-6-24(23)33-18)22(30)12-28-14-27-21-10-17(26)7-8-19(21)25(28)31/h3-10,14,18H,11-13H2,1-2H3/t18-/m1/s1. The van der Waals surface area contributed by atoms with Gasteiger partial charge in [0.05, 0.1) is 30.3 Å². The second kappa shape index (κ2) is 8.20. The van der Waals surface area contributed by atoms with Gasteiger partial charge in [0, 0.05) is 23.0 Å². The Bertz CT molecular complexity index is 1440. The van der Waals surface area contributed by atoms with Crippen molar-refractivity contribution in [1.82, 2.24) is 14.1 Å². The third kappa shape index (κ3) is 3.88. The van der Waals surface area contributed by atoms with Gasteiger partial charge >= 0.3 is 0 Å². The number of ether oxygens (including phenoxy) is 2. The van der Waals surface area contributed by atoms with E-state index in [1.807, 2.05) is 48.7 Å². The molecule has 1 aliphatic rings. The largest absolute Gasteiger partial charge is 0.486 e. The molecule has 0 saturated heterocycles. The van der Waals surface area contributed by atoms with Crippen molar-refractivity contribution in [3.05, 3.63) is 88.0 Å². The molecule has 0 N–H and O–H groups in total. The molecule has 1 atom stereocenters. The maximum Gasteiger partial charge on any atom is 0.261 e. The molecule has 0 saturated carbocycles. The summed E-state index contributed by atoms with van der Waals surface area (Å²) in [4.78, 5) is 29.9. The van der Waals surface area contributed by atoms with Crippen LogP contribution in [0.15, 0.2) is 59.7 Å². The summed E-state index contributed by atoms with van der Waals surface area (Å²) >= 11 is 0. The molecule has 1 aliphatic heterocycles. The van der Waals surface area contributed by atoms with Crippen LogP contribution in [0.5, 0.6) is 11.5 Å². The molecular weight excluding hydrogens is 425 g/mol.